The second-order valence-electron chi connectivity index (χ2n) is 3.02. The molecular weight excluding hydrogens is 303 g/mol. The number of Topliss-reactive ketones (excluding diaryl/α,β-unsaturated/α-hetero) is 1. The summed E-state index contributed by atoms with van der Waals surface area (Å²) >= 11 is 14.4. The molecular formula is C10H7BrCl2O2. The molecule has 80 valence electrons. The van der Waals surface area contributed by atoms with Gasteiger partial charge in [0.05, 0.1) is 0 Å². The van der Waals surface area contributed by atoms with Crippen LogP contribution in [0, 0.1) is 0 Å². The first-order valence-corrected chi connectivity index (χ1v) is 5.67. The van der Waals surface area contributed by atoms with Gasteiger partial charge in [0.15, 0.2) is 5.78 Å². The zero-order valence-electron chi connectivity index (χ0n) is 7.76. The van der Waals surface area contributed by atoms with Crippen molar-refractivity contribution in [3.63, 3.8) is 0 Å². The van der Waals surface area contributed by atoms with Gasteiger partial charge in [-0.15, -0.1) is 11.6 Å². The summed E-state index contributed by atoms with van der Waals surface area (Å²) in [6, 6.07) is 4.77. The molecule has 1 aromatic carbocycles. The van der Waals surface area contributed by atoms with E-state index >= 15 is 0 Å². The largest absolute Gasteiger partial charge is 0.298 e. The number of hydrogen-bond acceptors (Lipinski definition) is 2. The van der Waals surface area contributed by atoms with Gasteiger partial charge in [-0.1, -0.05) is 15.9 Å². The van der Waals surface area contributed by atoms with Crippen LogP contribution < -0.4 is 0 Å². The summed E-state index contributed by atoms with van der Waals surface area (Å²) in [5.74, 6) is -0.178. The molecule has 5 heteroatoms. The Balaban J connectivity index is 3.20. The summed E-state index contributed by atoms with van der Waals surface area (Å²) in [6.45, 7) is 1.39. The molecule has 0 spiro atoms. The molecule has 0 radical (unpaired) electrons. The zero-order chi connectivity index (χ0) is 11.6. The average Bonchev–Trinajstić information content (AvgIpc) is 2.15. The number of rotatable bonds is 3. The Kier molecular flexibility index (Phi) is 4.32. The lowest BCUT2D eigenvalue weighted by molar-refractivity contribution is -0.116. The Hall–Kier alpha value is -0.380. The summed E-state index contributed by atoms with van der Waals surface area (Å²) in [5.41, 5.74) is 0.871. The van der Waals surface area contributed by atoms with Crippen molar-refractivity contribution in [1.82, 2.24) is 0 Å². The van der Waals surface area contributed by atoms with Crippen LogP contribution in [-0.4, -0.2) is 11.0 Å². The molecule has 0 fully saturated rings. The van der Waals surface area contributed by atoms with Gasteiger partial charge in [0.25, 0.3) is 5.24 Å². The van der Waals surface area contributed by atoms with Crippen LogP contribution in [0.4, 0.5) is 0 Å². The molecule has 1 aromatic rings. The minimum absolute atomic E-state index is 0.178. The minimum Gasteiger partial charge on any atom is -0.298 e. The van der Waals surface area contributed by atoms with Gasteiger partial charge in [0, 0.05) is 10.0 Å². The molecule has 0 saturated heterocycles. The van der Waals surface area contributed by atoms with Crippen molar-refractivity contribution in [2.45, 2.75) is 12.3 Å². The first-order chi connectivity index (χ1) is 6.91. The maximum absolute atomic E-state index is 11.1. The van der Waals surface area contributed by atoms with Crippen molar-refractivity contribution in [2.24, 2.45) is 0 Å². The van der Waals surface area contributed by atoms with Crippen LogP contribution in [0.15, 0.2) is 22.7 Å². The van der Waals surface area contributed by atoms with Crippen LogP contribution in [0.5, 0.6) is 0 Å². The van der Waals surface area contributed by atoms with E-state index in [4.69, 9.17) is 23.2 Å². The van der Waals surface area contributed by atoms with E-state index in [1.165, 1.54) is 13.0 Å². The molecule has 0 bridgehead atoms. The third-order valence-corrected chi connectivity index (χ3v) is 3.03. The van der Waals surface area contributed by atoms with Crippen molar-refractivity contribution in [3.05, 3.63) is 33.8 Å². The molecule has 2 nitrogen and oxygen atoms in total. The Labute approximate surface area is 106 Å². The smallest absolute Gasteiger partial charge is 0.252 e. The van der Waals surface area contributed by atoms with E-state index < -0.39 is 10.6 Å². The third kappa shape index (κ3) is 3.30. The van der Waals surface area contributed by atoms with Gasteiger partial charge in [-0.05, 0) is 42.3 Å². The van der Waals surface area contributed by atoms with Crippen LogP contribution >= 0.6 is 39.1 Å². The molecule has 0 saturated carbocycles. The average molecular weight is 310 g/mol. The molecule has 0 N–H and O–H groups in total. The number of carbonyl (C=O) groups is 2. The maximum atomic E-state index is 11.1. The molecule has 1 atom stereocenters. The number of halogens is 3. The molecule has 0 aromatic heterocycles. The third-order valence-electron chi connectivity index (χ3n) is 1.80. The number of carbonyl (C=O) groups excluding carboxylic acids is 2. The van der Waals surface area contributed by atoms with Crippen molar-refractivity contribution < 1.29 is 9.59 Å². The zero-order valence-corrected chi connectivity index (χ0v) is 10.9. The highest BCUT2D eigenvalue weighted by Gasteiger charge is 2.15. The van der Waals surface area contributed by atoms with Crippen LogP contribution in [0.1, 0.15) is 28.2 Å². The first kappa shape index (κ1) is 12.7. The Morgan fingerprint density at radius 3 is 2.40 bits per heavy atom. The second kappa shape index (κ2) is 5.10. The topological polar surface area (TPSA) is 34.1 Å². The molecule has 0 aliphatic heterocycles. The maximum Gasteiger partial charge on any atom is 0.252 e. The lowest BCUT2D eigenvalue weighted by Gasteiger charge is -2.07. The van der Waals surface area contributed by atoms with Crippen LogP contribution in [0.3, 0.4) is 0 Å². The molecule has 1 unspecified atom stereocenters. The summed E-state index contributed by atoms with van der Waals surface area (Å²) < 4.78 is 0.663. The van der Waals surface area contributed by atoms with Crippen LogP contribution in [0.25, 0.3) is 0 Å². The van der Waals surface area contributed by atoms with Gasteiger partial charge in [-0.25, -0.2) is 0 Å². The van der Waals surface area contributed by atoms with E-state index in [-0.39, 0.29) is 5.78 Å². The van der Waals surface area contributed by atoms with E-state index in [2.05, 4.69) is 15.9 Å². The highest BCUT2D eigenvalue weighted by atomic mass is 79.9. The van der Waals surface area contributed by atoms with Gasteiger partial charge in [-0.2, -0.15) is 0 Å². The Morgan fingerprint density at radius 2 is 1.93 bits per heavy atom. The normalized spacial score (nSPS) is 12.3. The fourth-order valence-corrected chi connectivity index (χ4v) is 1.85. The van der Waals surface area contributed by atoms with E-state index in [1.54, 1.807) is 12.1 Å². The van der Waals surface area contributed by atoms with Gasteiger partial charge in [-0.3, -0.25) is 9.59 Å². The van der Waals surface area contributed by atoms with E-state index in [0.717, 1.165) is 0 Å². The Bertz CT molecular complexity index is 418. The predicted molar refractivity (Wildman–Crippen MR) is 63.6 cm³/mol. The molecule has 0 heterocycles. The van der Waals surface area contributed by atoms with Gasteiger partial charge < -0.3 is 0 Å². The molecule has 0 aliphatic rings. The summed E-state index contributed by atoms with van der Waals surface area (Å²) in [7, 11) is 0. The highest BCUT2D eigenvalue weighted by molar-refractivity contribution is 9.10. The molecule has 0 aliphatic carbocycles. The van der Waals surface area contributed by atoms with E-state index in [1.807, 2.05) is 0 Å². The fourth-order valence-electron chi connectivity index (χ4n) is 1.11. The predicted octanol–water partition coefficient (Wildman–Crippen LogP) is 3.70. The van der Waals surface area contributed by atoms with Crippen LogP contribution in [-0.2, 0) is 4.79 Å². The standard InChI is InChI=1S/C10H7BrCl2O2/c1-5(14)9(12)6-2-7(10(13)15)4-8(11)3-6/h2-4,9H,1H3. The number of alkyl halides is 1. The lowest BCUT2D eigenvalue weighted by Crippen LogP contribution is -2.03. The lowest BCUT2D eigenvalue weighted by atomic mass is 10.1. The number of benzene rings is 1. The molecule has 1 rings (SSSR count). The summed E-state index contributed by atoms with van der Waals surface area (Å²) in [4.78, 5) is 22.0. The van der Waals surface area contributed by atoms with Gasteiger partial charge in [0.1, 0.15) is 5.38 Å². The van der Waals surface area contributed by atoms with E-state index in [0.29, 0.717) is 15.6 Å². The second-order valence-corrected chi connectivity index (χ2v) is 4.72. The summed E-state index contributed by atoms with van der Waals surface area (Å²) in [6.07, 6.45) is 0. The highest BCUT2D eigenvalue weighted by Crippen LogP contribution is 2.26. The van der Waals surface area contributed by atoms with Crippen LogP contribution in [0.2, 0.25) is 0 Å². The minimum atomic E-state index is -0.753. The van der Waals surface area contributed by atoms with Crippen molar-refractivity contribution in [3.8, 4) is 0 Å². The van der Waals surface area contributed by atoms with Gasteiger partial charge in [0.2, 0.25) is 0 Å². The quantitative estimate of drug-likeness (QED) is 0.630. The van der Waals surface area contributed by atoms with Crippen molar-refractivity contribution in [1.29, 1.82) is 0 Å². The monoisotopic (exact) mass is 308 g/mol. The Morgan fingerprint density at radius 1 is 1.33 bits per heavy atom. The summed E-state index contributed by atoms with van der Waals surface area (Å²) in [5, 5.41) is -1.33. The first-order valence-electron chi connectivity index (χ1n) is 4.06. The van der Waals surface area contributed by atoms with E-state index in [9.17, 15) is 9.59 Å². The number of hydrogen-bond donors (Lipinski definition) is 0. The fraction of sp³-hybridized carbons (Fsp3) is 0.200. The van der Waals surface area contributed by atoms with Crippen molar-refractivity contribution >= 4 is 50.2 Å². The van der Waals surface area contributed by atoms with Crippen molar-refractivity contribution in [2.75, 3.05) is 0 Å². The SMILES string of the molecule is CC(=O)C(Cl)c1cc(Br)cc(C(=O)Cl)c1. The van der Waals surface area contributed by atoms with Gasteiger partial charge >= 0.3 is 0 Å². The number of ketones is 1. The molecule has 15 heavy (non-hydrogen) atoms. The molecule has 0 amide bonds.